The second-order valence-electron chi connectivity index (χ2n) is 24.0. The molecule has 5 aliphatic carbocycles. The van der Waals surface area contributed by atoms with Crippen LogP contribution < -0.4 is 0 Å². The van der Waals surface area contributed by atoms with Crippen LogP contribution in [0.15, 0.2) is 11.6 Å². The Bertz CT molecular complexity index is 1860. The van der Waals surface area contributed by atoms with Crippen LogP contribution in [0.5, 0.6) is 0 Å². The van der Waals surface area contributed by atoms with E-state index < -0.39 is 146 Å². The van der Waals surface area contributed by atoms with E-state index in [-0.39, 0.29) is 34.0 Å². The van der Waals surface area contributed by atoms with E-state index in [1.54, 1.807) is 0 Å². The summed E-state index contributed by atoms with van der Waals surface area (Å²) in [4.78, 5) is 15.1. The van der Waals surface area contributed by atoms with Gasteiger partial charge >= 0.3 is 5.97 Å². The Hall–Kier alpha value is -1.47. The first-order valence-electron chi connectivity index (χ1n) is 25.4. The molecule has 19 nitrogen and oxygen atoms in total. The predicted molar refractivity (Wildman–Crippen MR) is 241 cm³/mol. The highest BCUT2D eigenvalue weighted by molar-refractivity contribution is 5.80. The van der Waals surface area contributed by atoms with Gasteiger partial charge in [-0.3, -0.25) is 4.79 Å². The number of hydrogen-bond donors (Lipinski definition) is 11. The normalized spacial score (nSPS) is 52.6. The number of aliphatic hydroxyl groups excluding tert-OH is 11. The zero-order valence-corrected chi connectivity index (χ0v) is 41.5. The van der Waals surface area contributed by atoms with Gasteiger partial charge in [-0.05, 0) is 110 Å². The van der Waals surface area contributed by atoms with E-state index in [1.807, 2.05) is 6.92 Å². The maximum atomic E-state index is 15.1. The molecule has 3 saturated heterocycles. The molecule has 0 amide bonds. The summed E-state index contributed by atoms with van der Waals surface area (Å²) in [7, 11) is 0. The lowest BCUT2D eigenvalue weighted by atomic mass is 9.33. The average molecular weight is 987 g/mol. The minimum Gasteiger partial charge on any atom is -0.432 e. The van der Waals surface area contributed by atoms with E-state index in [0.717, 1.165) is 25.7 Å². The van der Waals surface area contributed by atoms with Crippen molar-refractivity contribution in [1.29, 1.82) is 0 Å². The lowest BCUT2D eigenvalue weighted by molar-refractivity contribution is -0.378. The van der Waals surface area contributed by atoms with Gasteiger partial charge in [-0.15, -0.1) is 0 Å². The highest BCUT2D eigenvalue weighted by atomic mass is 16.8. The minimum absolute atomic E-state index is 0.116. The predicted octanol–water partition coefficient (Wildman–Crippen LogP) is 0.156. The highest BCUT2D eigenvalue weighted by Crippen LogP contribution is 2.76. The van der Waals surface area contributed by atoms with Gasteiger partial charge in [0.2, 0.25) is 6.29 Å². The zero-order chi connectivity index (χ0) is 50.6. The molecule has 7 fully saturated rings. The molecule has 19 heteroatoms. The summed E-state index contributed by atoms with van der Waals surface area (Å²) in [5, 5.41) is 116. The van der Waals surface area contributed by atoms with Crippen LogP contribution >= 0.6 is 0 Å². The number of ether oxygens (including phenoxy) is 7. The van der Waals surface area contributed by atoms with Gasteiger partial charge in [0.1, 0.15) is 78.7 Å². The van der Waals surface area contributed by atoms with Crippen molar-refractivity contribution in [2.45, 2.75) is 218 Å². The Kier molecular flexibility index (Phi) is 15.1. The van der Waals surface area contributed by atoms with Gasteiger partial charge in [0.15, 0.2) is 12.6 Å². The Morgan fingerprint density at radius 3 is 1.78 bits per heavy atom. The fourth-order valence-corrected chi connectivity index (χ4v) is 15.5. The molecule has 0 aromatic heterocycles. The molecule has 0 aromatic carbocycles. The lowest BCUT2D eigenvalue weighted by Crippen LogP contribution is -2.69. The molecule has 396 valence electrons. The van der Waals surface area contributed by atoms with E-state index in [1.165, 1.54) is 5.57 Å². The highest BCUT2D eigenvalue weighted by Gasteiger charge is 2.72. The van der Waals surface area contributed by atoms with Gasteiger partial charge < -0.3 is 89.3 Å². The Morgan fingerprint density at radius 2 is 1.19 bits per heavy atom. The van der Waals surface area contributed by atoms with Gasteiger partial charge in [-0.1, -0.05) is 60.1 Å². The number of esters is 1. The van der Waals surface area contributed by atoms with Crippen LogP contribution in [0.1, 0.15) is 113 Å². The molecular formula is C50H82O19. The number of allylic oxidation sites excluding steroid dienone is 2. The average Bonchev–Trinajstić information content (AvgIpc) is 3.29. The number of hydrogen-bond acceptors (Lipinski definition) is 19. The fourth-order valence-electron chi connectivity index (χ4n) is 15.5. The smallest absolute Gasteiger partial charge is 0.317 e. The van der Waals surface area contributed by atoms with Crippen molar-refractivity contribution in [3.8, 4) is 0 Å². The van der Waals surface area contributed by atoms with Crippen molar-refractivity contribution < 1.29 is 94.1 Å². The third-order valence-corrected chi connectivity index (χ3v) is 19.7. The number of aliphatic hydroxyl groups is 11. The van der Waals surface area contributed by atoms with Crippen LogP contribution in [-0.4, -0.2) is 193 Å². The largest absolute Gasteiger partial charge is 0.432 e. The van der Waals surface area contributed by atoms with E-state index >= 15 is 4.79 Å². The van der Waals surface area contributed by atoms with Crippen molar-refractivity contribution in [3.05, 3.63) is 11.6 Å². The summed E-state index contributed by atoms with van der Waals surface area (Å²) < 4.78 is 43.1. The first kappa shape index (κ1) is 53.8. The molecule has 24 atom stereocenters. The Morgan fingerprint density at radius 1 is 0.623 bits per heavy atom. The third-order valence-electron chi connectivity index (χ3n) is 19.7. The molecule has 4 saturated carbocycles. The first-order chi connectivity index (χ1) is 32.3. The standard InChI is InChI=1S/C50H82O19/c1-9-63-31-19-49(8)23(24-18-45(2,3)16-17-50(24,31)44(62)69-42-39(61)36(58)33(55)26(21-52)65-42)10-11-29-47(6)14-13-30(46(4,5)28(47)12-15-48(29,49)7)67-43-40(37(59)34(56)27(22-53)66-43)68-41-38(60)35(57)32(54)25(20-51)64-41/h10,24-43,51-61H,9,11-22H2,1-8H3/t24-,25+,26+,27+,28-,29+,30-,31+,32+,33+,34+,35-,36-,37-,38+,39+,40+,41-,42-,43-,47+,48-,49-,50-/m1/s1. The molecule has 0 spiro atoms. The monoisotopic (exact) mass is 987 g/mol. The van der Waals surface area contributed by atoms with E-state index in [4.69, 9.17) is 33.2 Å². The molecule has 0 bridgehead atoms. The summed E-state index contributed by atoms with van der Waals surface area (Å²) in [5.41, 5.74) is -1.48. The maximum absolute atomic E-state index is 15.1. The molecule has 11 N–H and O–H groups in total. The van der Waals surface area contributed by atoms with Crippen molar-refractivity contribution in [2.24, 2.45) is 50.2 Å². The Labute approximate surface area is 405 Å². The van der Waals surface area contributed by atoms with E-state index in [2.05, 4.69) is 54.5 Å². The summed E-state index contributed by atoms with van der Waals surface area (Å²) in [6, 6.07) is 0. The first-order valence-corrected chi connectivity index (χ1v) is 25.4. The molecule has 69 heavy (non-hydrogen) atoms. The van der Waals surface area contributed by atoms with Gasteiger partial charge in [0, 0.05) is 6.61 Å². The van der Waals surface area contributed by atoms with Crippen molar-refractivity contribution in [3.63, 3.8) is 0 Å². The summed E-state index contributed by atoms with van der Waals surface area (Å²) in [6.45, 7) is 16.2. The van der Waals surface area contributed by atoms with Gasteiger partial charge in [0.05, 0.1) is 32.0 Å². The SMILES string of the molecule is CCO[C@H]1C[C@]2(C)C(=CC[C@H]3[C@@]4(C)CC[C@@H](O[C@H]5O[C@@H](CO)[C@H](O)[C@@H](O)[C@@H]5O[C@H]5O[C@@H](CO)[C@H](O)[C@@H](O)[C@@H]5O)C(C)(C)[C@H]4CC[C@]32C)[C@H]2CC(C)(C)CC[C@]12C(=O)O[C@H]1O[C@@H](CO)[C@H](O)[C@@H](O)[C@@H]1O. The van der Waals surface area contributed by atoms with Crippen LogP contribution in [-0.2, 0) is 38.0 Å². The van der Waals surface area contributed by atoms with Gasteiger partial charge in [-0.25, -0.2) is 0 Å². The molecule has 8 rings (SSSR count). The number of carbonyl (C=O) groups excluding carboxylic acids is 1. The second kappa shape index (κ2) is 19.3. The minimum atomic E-state index is -1.79. The summed E-state index contributed by atoms with van der Waals surface area (Å²) in [5.74, 6) is -0.575. The third kappa shape index (κ3) is 8.50. The summed E-state index contributed by atoms with van der Waals surface area (Å²) in [6.07, 6.45) is -16.0. The van der Waals surface area contributed by atoms with Gasteiger partial charge in [0.25, 0.3) is 0 Å². The number of carbonyl (C=O) groups is 1. The molecule has 3 heterocycles. The van der Waals surface area contributed by atoms with E-state index in [0.29, 0.717) is 38.7 Å². The van der Waals surface area contributed by atoms with Gasteiger partial charge in [-0.2, -0.15) is 0 Å². The topological polar surface area (TPSA) is 304 Å². The lowest BCUT2D eigenvalue weighted by Gasteiger charge is -2.72. The molecule has 3 aliphatic heterocycles. The molecule has 0 radical (unpaired) electrons. The van der Waals surface area contributed by atoms with E-state index in [9.17, 15) is 56.2 Å². The van der Waals surface area contributed by atoms with Crippen molar-refractivity contribution in [1.82, 2.24) is 0 Å². The number of rotatable bonds is 11. The van der Waals surface area contributed by atoms with Crippen LogP contribution in [0.25, 0.3) is 0 Å². The van der Waals surface area contributed by atoms with Crippen LogP contribution in [0.2, 0.25) is 0 Å². The molecule has 8 aliphatic rings. The fraction of sp³-hybridized carbons (Fsp3) is 0.940. The van der Waals surface area contributed by atoms with Crippen LogP contribution in [0.3, 0.4) is 0 Å². The zero-order valence-electron chi connectivity index (χ0n) is 41.5. The molecular weight excluding hydrogens is 905 g/mol. The van der Waals surface area contributed by atoms with Crippen LogP contribution in [0.4, 0.5) is 0 Å². The Balaban J connectivity index is 1.08. The quantitative estimate of drug-likeness (QED) is 0.0746. The molecule has 0 unspecified atom stereocenters. The maximum Gasteiger partial charge on any atom is 0.317 e. The van der Waals surface area contributed by atoms with Crippen molar-refractivity contribution in [2.75, 3.05) is 26.4 Å². The van der Waals surface area contributed by atoms with Crippen LogP contribution in [0, 0.1) is 50.2 Å². The number of fused-ring (bicyclic) bond motifs is 7. The van der Waals surface area contributed by atoms with Crippen molar-refractivity contribution >= 4 is 5.97 Å². The second-order valence-corrected chi connectivity index (χ2v) is 24.0. The molecule has 0 aromatic rings. The summed E-state index contributed by atoms with van der Waals surface area (Å²) >= 11 is 0.